The molecule has 1 amide bonds. The highest BCUT2D eigenvalue weighted by Gasteiger charge is 2.29. The molecule has 1 aliphatic heterocycles. The van der Waals surface area contributed by atoms with Crippen LogP contribution >= 0.6 is 0 Å². The molecule has 1 heterocycles. The highest BCUT2D eigenvalue weighted by molar-refractivity contribution is 7.89. The summed E-state index contributed by atoms with van der Waals surface area (Å²) in [6.07, 6.45) is 3.61. The number of piperidine rings is 1. The van der Waals surface area contributed by atoms with Crippen molar-refractivity contribution in [3.05, 3.63) is 29.8 Å². The number of ether oxygens (including phenoxy) is 1. The lowest BCUT2D eigenvalue weighted by Crippen LogP contribution is -2.47. The maximum absolute atomic E-state index is 12.3. The Morgan fingerprint density at radius 2 is 1.92 bits per heavy atom. The van der Waals surface area contributed by atoms with E-state index in [1.54, 1.807) is 17.0 Å². The van der Waals surface area contributed by atoms with Gasteiger partial charge in [-0.1, -0.05) is 17.7 Å². The number of likely N-dealkylation sites (tertiary alicyclic amines) is 1. The Bertz CT molecular complexity index is 752. The summed E-state index contributed by atoms with van der Waals surface area (Å²) in [4.78, 5) is 16.3. The van der Waals surface area contributed by atoms with E-state index in [1.807, 2.05) is 27.7 Å². The number of rotatable bonds is 4. The Hall–Kier alpha value is -2.09. The van der Waals surface area contributed by atoms with Gasteiger partial charge in [-0.3, -0.25) is 0 Å². The quantitative estimate of drug-likeness (QED) is 0.641. The summed E-state index contributed by atoms with van der Waals surface area (Å²) < 4.78 is 29.9. The van der Waals surface area contributed by atoms with E-state index in [-0.39, 0.29) is 10.9 Å². The van der Waals surface area contributed by atoms with Crippen LogP contribution in [0.1, 0.15) is 45.6 Å². The second-order valence-corrected chi connectivity index (χ2v) is 9.08. The van der Waals surface area contributed by atoms with Gasteiger partial charge in [0, 0.05) is 12.8 Å². The van der Waals surface area contributed by atoms with Gasteiger partial charge in [-0.05, 0) is 59.1 Å². The van der Waals surface area contributed by atoms with Gasteiger partial charge >= 0.3 is 6.09 Å². The highest BCUT2D eigenvalue weighted by atomic mass is 32.2. The largest absolute Gasteiger partial charge is 0.444 e. The van der Waals surface area contributed by atoms with Gasteiger partial charge in [-0.2, -0.15) is 13.5 Å². The predicted molar refractivity (Wildman–Crippen MR) is 101 cm³/mol. The number of carbonyl (C=O) groups is 1. The Morgan fingerprint density at radius 3 is 2.54 bits per heavy atom. The van der Waals surface area contributed by atoms with Gasteiger partial charge in [0.25, 0.3) is 10.0 Å². The number of hydrogen-bond donors (Lipinski definition) is 1. The molecule has 0 radical (unpaired) electrons. The maximum Gasteiger partial charge on any atom is 0.410 e. The van der Waals surface area contributed by atoms with Crippen molar-refractivity contribution in [3.63, 3.8) is 0 Å². The monoisotopic (exact) mass is 381 g/mol. The van der Waals surface area contributed by atoms with E-state index < -0.39 is 21.7 Å². The van der Waals surface area contributed by atoms with Gasteiger partial charge in [-0.15, -0.1) is 0 Å². The topological polar surface area (TPSA) is 88.1 Å². The Balaban J connectivity index is 2.04. The minimum absolute atomic E-state index is 0.146. The van der Waals surface area contributed by atoms with Gasteiger partial charge in [0.05, 0.1) is 10.9 Å². The first-order valence-corrected chi connectivity index (χ1v) is 10.2. The van der Waals surface area contributed by atoms with Crippen molar-refractivity contribution in [2.45, 2.75) is 63.5 Å². The van der Waals surface area contributed by atoms with Crippen molar-refractivity contribution in [2.24, 2.45) is 5.10 Å². The molecule has 1 saturated heterocycles. The van der Waals surface area contributed by atoms with Crippen LogP contribution in [0.25, 0.3) is 0 Å². The molecule has 0 aromatic heterocycles. The van der Waals surface area contributed by atoms with Crippen molar-refractivity contribution in [1.29, 1.82) is 0 Å². The zero-order valence-electron chi connectivity index (χ0n) is 15.7. The zero-order valence-corrected chi connectivity index (χ0v) is 16.5. The van der Waals surface area contributed by atoms with Crippen LogP contribution in [0, 0.1) is 6.92 Å². The third-order valence-electron chi connectivity index (χ3n) is 3.93. The molecule has 2 rings (SSSR count). The smallest absolute Gasteiger partial charge is 0.410 e. The molecule has 7 nitrogen and oxygen atoms in total. The van der Waals surface area contributed by atoms with E-state index in [0.717, 1.165) is 24.8 Å². The van der Waals surface area contributed by atoms with Gasteiger partial charge in [0.1, 0.15) is 5.60 Å². The summed E-state index contributed by atoms with van der Waals surface area (Å²) in [5.41, 5.74) is 0.395. The number of nitrogens with one attached hydrogen (secondary N) is 1. The lowest BCUT2D eigenvalue weighted by Gasteiger charge is -2.34. The molecule has 1 aliphatic rings. The Kier molecular flexibility index (Phi) is 6.28. The number of nitrogens with zero attached hydrogens (tertiary/aromatic N) is 2. The molecule has 26 heavy (non-hydrogen) atoms. The summed E-state index contributed by atoms with van der Waals surface area (Å²) >= 11 is 0. The molecular weight excluding hydrogens is 354 g/mol. The molecule has 0 bridgehead atoms. The molecule has 8 heteroatoms. The molecule has 144 valence electrons. The summed E-state index contributed by atoms with van der Waals surface area (Å²) in [6, 6.07) is 6.22. The second kappa shape index (κ2) is 8.07. The van der Waals surface area contributed by atoms with Crippen LogP contribution in [0.3, 0.4) is 0 Å². The third kappa shape index (κ3) is 5.72. The standard InChI is InChI=1S/C18H27N3O4S/c1-14-8-10-16(11-9-14)26(23,24)20-19-13-15-7-5-6-12-21(15)17(22)25-18(2,3)4/h8-11,13,15,20H,5-7,12H2,1-4H3/b19-13+. The highest BCUT2D eigenvalue weighted by Crippen LogP contribution is 2.19. The first-order chi connectivity index (χ1) is 12.1. The van der Waals surface area contributed by atoms with E-state index in [0.29, 0.717) is 6.54 Å². The fourth-order valence-corrected chi connectivity index (χ4v) is 3.41. The SMILES string of the molecule is Cc1ccc(S(=O)(=O)N/N=C/C2CCCCN2C(=O)OC(C)(C)C)cc1. The Labute approximate surface area is 155 Å². The lowest BCUT2D eigenvalue weighted by atomic mass is 10.0. The molecule has 1 N–H and O–H groups in total. The van der Waals surface area contributed by atoms with Crippen LogP contribution in [0.5, 0.6) is 0 Å². The van der Waals surface area contributed by atoms with Crippen molar-refractivity contribution >= 4 is 22.3 Å². The first-order valence-electron chi connectivity index (χ1n) is 8.70. The molecule has 0 spiro atoms. The van der Waals surface area contributed by atoms with E-state index in [2.05, 4.69) is 9.93 Å². The van der Waals surface area contributed by atoms with Crippen molar-refractivity contribution in [2.75, 3.05) is 6.54 Å². The predicted octanol–water partition coefficient (Wildman–Crippen LogP) is 3.05. The summed E-state index contributed by atoms with van der Waals surface area (Å²) in [5.74, 6) is 0. The second-order valence-electron chi connectivity index (χ2n) is 7.42. The zero-order chi connectivity index (χ0) is 19.4. The summed E-state index contributed by atoms with van der Waals surface area (Å²) in [7, 11) is -3.73. The number of aryl methyl sites for hydroxylation is 1. The van der Waals surface area contributed by atoms with Crippen molar-refractivity contribution in [3.8, 4) is 0 Å². The van der Waals surface area contributed by atoms with Crippen LogP contribution in [-0.2, 0) is 14.8 Å². The van der Waals surface area contributed by atoms with Crippen LogP contribution in [0.2, 0.25) is 0 Å². The summed E-state index contributed by atoms with van der Waals surface area (Å²) in [5, 5.41) is 3.88. The molecule has 1 atom stereocenters. The minimum Gasteiger partial charge on any atom is -0.444 e. The number of carbonyl (C=O) groups excluding carboxylic acids is 1. The lowest BCUT2D eigenvalue weighted by molar-refractivity contribution is 0.0171. The number of amides is 1. The van der Waals surface area contributed by atoms with Gasteiger partial charge in [0.15, 0.2) is 0 Å². The van der Waals surface area contributed by atoms with Gasteiger partial charge in [-0.25, -0.2) is 9.63 Å². The molecule has 0 saturated carbocycles. The van der Waals surface area contributed by atoms with Crippen LogP contribution in [0.4, 0.5) is 4.79 Å². The minimum atomic E-state index is -3.73. The third-order valence-corrected chi connectivity index (χ3v) is 5.17. The molecule has 1 unspecified atom stereocenters. The van der Waals surface area contributed by atoms with Crippen LogP contribution in [-0.4, -0.2) is 43.8 Å². The van der Waals surface area contributed by atoms with Crippen molar-refractivity contribution < 1.29 is 17.9 Å². The average molecular weight is 381 g/mol. The normalized spacial score (nSPS) is 18.8. The molecule has 0 aliphatic carbocycles. The van der Waals surface area contributed by atoms with Crippen LogP contribution in [0.15, 0.2) is 34.3 Å². The molecule has 1 fully saturated rings. The Morgan fingerprint density at radius 1 is 1.27 bits per heavy atom. The molecule has 1 aromatic carbocycles. The molecule has 1 aromatic rings. The van der Waals surface area contributed by atoms with E-state index >= 15 is 0 Å². The van der Waals surface area contributed by atoms with E-state index in [4.69, 9.17) is 4.74 Å². The summed E-state index contributed by atoms with van der Waals surface area (Å²) in [6.45, 7) is 7.89. The number of hydrazone groups is 1. The van der Waals surface area contributed by atoms with E-state index in [9.17, 15) is 13.2 Å². The van der Waals surface area contributed by atoms with Crippen molar-refractivity contribution in [1.82, 2.24) is 9.73 Å². The number of benzene rings is 1. The number of hydrogen-bond acceptors (Lipinski definition) is 5. The average Bonchev–Trinajstić information content (AvgIpc) is 2.54. The van der Waals surface area contributed by atoms with E-state index in [1.165, 1.54) is 18.3 Å². The van der Waals surface area contributed by atoms with Gasteiger partial charge in [0.2, 0.25) is 0 Å². The molecular formula is C18H27N3O4S. The maximum atomic E-state index is 12.3. The fourth-order valence-electron chi connectivity index (χ4n) is 2.62. The van der Waals surface area contributed by atoms with Crippen LogP contribution < -0.4 is 4.83 Å². The van der Waals surface area contributed by atoms with Gasteiger partial charge < -0.3 is 9.64 Å². The fraction of sp³-hybridized carbons (Fsp3) is 0.556. The number of sulfonamides is 1. The first kappa shape index (κ1) is 20.2.